The molecule has 0 saturated carbocycles. The van der Waals surface area contributed by atoms with E-state index in [0.29, 0.717) is 70.9 Å². The predicted octanol–water partition coefficient (Wildman–Crippen LogP) is 2.87. The van der Waals surface area contributed by atoms with Crippen molar-refractivity contribution >= 4 is 33.5 Å². The number of allylic oxidation sites excluding steroid dienone is 1. The molecule has 0 bridgehead atoms. The summed E-state index contributed by atoms with van der Waals surface area (Å²) in [5.41, 5.74) is 1.90. The van der Waals surface area contributed by atoms with Gasteiger partial charge in [-0.1, -0.05) is 5.57 Å². The lowest BCUT2D eigenvalue weighted by Crippen LogP contribution is -2.54. The molecule has 4 heterocycles. The van der Waals surface area contributed by atoms with Gasteiger partial charge in [0.25, 0.3) is 0 Å². The van der Waals surface area contributed by atoms with E-state index in [1.54, 1.807) is 28.6 Å². The normalized spacial score (nSPS) is 28.5. The van der Waals surface area contributed by atoms with Gasteiger partial charge in [0.05, 0.1) is 25.0 Å². The largest absolute Gasteiger partial charge is 0.392 e. The van der Waals surface area contributed by atoms with Crippen LogP contribution in [0.15, 0.2) is 64.1 Å². The van der Waals surface area contributed by atoms with Crippen LogP contribution in [0.3, 0.4) is 0 Å². The monoisotopic (exact) mass is 596 g/mol. The maximum absolute atomic E-state index is 13.9. The number of β-amino-alcohol motifs (C(OH)–C–C–N with tert-alkyl or cyclic N) is 1. The average Bonchev–Trinajstić information content (AvgIpc) is 3.42. The van der Waals surface area contributed by atoms with E-state index in [2.05, 4.69) is 14.8 Å². The van der Waals surface area contributed by atoms with E-state index < -0.39 is 21.5 Å². The molecule has 3 fully saturated rings. The highest BCUT2D eigenvalue weighted by atomic mass is 32.2. The number of piperidine rings is 1. The molecule has 6 rings (SSSR count). The van der Waals surface area contributed by atoms with Gasteiger partial charge in [-0.3, -0.25) is 9.89 Å². The Morgan fingerprint density at radius 2 is 1.93 bits per heavy atom. The van der Waals surface area contributed by atoms with Crippen LogP contribution in [0.5, 0.6) is 0 Å². The van der Waals surface area contributed by atoms with Crippen molar-refractivity contribution in [1.29, 1.82) is 5.41 Å². The number of likely N-dealkylation sites (tertiary alicyclic amines) is 1. The highest BCUT2D eigenvalue weighted by Gasteiger charge is 2.48. The maximum atomic E-state index is 13.9. The van der Waals surface area contributed by atoms with Gasteiger partial charge in [-0.15, -0.1) is 0 Å². The molecule has 3 atom stereocenters. The number of aliphatic hydroxyl groups is 1. The SMILES string of the molecule is N=CC1C[C@]2(CN3CC[C@H](O)C3)CN(S(=O)(=O)c3ccc(N4CCOCC4)nc3)CCC2=CC1=Nc1ccc(F)cc1. The van der Waals surface area contributed by atoms with Crippen molar-refractivity contribution in [3.8, 4) is 0 Å². The Hall–Kier alpha value is -3.03. The lowest BCUT2D eigenvalue weighted by atomic mass is 9.65. The molecule has 224 valence electrons. The summed E-state index contributed by atoms with van der Waals surface area (Å²) in [6, 6.07) is 9.36. The molecule has 0 spiro atoms. The Bertz CT molecular complexity index is 1460. The standard InChI is InChI=1S/C30H37FN6O4S/c31-24-1-3-25(4-2-24)34-28-15-23-7-10-37(21-30(23,16-22(28)17-32)20-35-9-8-26(38)19-35)42(39,40)27-5-6-29(33-18-27)36-11-13-41-14-12-36/h1-6,15,17-18,22,26,32,38H,7-14,16,19-21H2/t22?,26-,30-/m0/s1. The Morgan fingerprint density at radius 1 is 1.14 bits per heavy atom. The van der Waals surface area contributed by atoms with Crippen LogP contribution in [0.1, 0.15) is 19.3 Å². The first-order valence-corrected chi connectivity index (χ1v) is 15.9. The van der Waals surface area contributed by atoms with Crippen LogP contribution in [0.2, 0.25) is 0 Å². The summed E-state index contributed by atoms with van der Waals surface area (Å²) in [5.74, 6) is 0.0681. The number of ether oxygens (including phenoxy) is 1. The van der Waals surface area contributed by atoms with Gasteiger partial charge >= 0.3 is 0 Å². The Morgan fingerprint density at radius 3 is 2.60 bits per heavy atom. The molecule has 1 aliphatic carbocycles. The number of anilines is 1. The summed E-state index contributed by atoms with van der Waals surface area (Å²) >= 11 is 0. The van der Waals surface area contributed by atoms with Crippen LogP contribution < -0.4 is 4.90 Å². The van der Waals surface area contributed by atoms with Gasteiger partial charge in [-0.2, -0.15) is 4.31 Å². The minimum Gasteiger partial charge on any atom is -0.392 e. The van der Waals surface area contributed by atoms with Crippen molar-refractivity contribution in [2.24, 2.45) is 16.3 Å². The van der Waals surface area contributed by atoms with Crippen LogP contribution in [-0.2, 0) is 14.8 Å². The number of pyridine rings is 1. The first-order valence-electron chi connectivity index (χ1n) is 14.5. The smallest absolute Gasteiger partial charge is 0.244 e. The number of aliphatic imine (C=N–C) groups is 1. The number of aliphatic hydroxyl groups excluding tert-OH is 1. The highest BCUT2D eigenvalue weighted by Crippen LogP contribution is 2.46. The zero-order chi connectivity index (χ0) is 29.3. The van der Waals surface area contributed by atoms with Crippen molar-refractivity contribution in [3.05, 3.63) is 60.1 Å². The van der Waals surface area contributed by atoms with Crippen LogP contribution in [-0.4, -0.2) is 105 Å². The van der Waals surface area contributed by atoms with Gasteiger partial charge in [0, 0.05) is 75.3 Å². The van der Waals surface area contributed by atoms with Crippen molar-refractivity contribution in [3.63, 3.8) is 0 Å². The number of fused-ring (bicyclic) bond motifs is 1. The van der Waals surface area contributed by atoms with E-state index in [9.17, 15) is 17.9 Å². The summed E-state index contributed by atoms with van der Waals surface area (Å²) < 4.78 is 48.3. The van der Waals surface area contributed by atoms with Gasteiger partial charge in [0.1, 0.15) is 16.5 Å². The topological polar surface area (TPSA) is 122 Å². The van der Waals surface area contributed by atoms with Gasteiger partial charge in [0.2, 0.25) is 10.0 Å². The van der Waals surface area contributed by atoms with E-state index in [4.69, 9.17) is 15.1 Å². The molecule has 2 aromatic rings. The fraction of sp³-hybridized carbons (Fsp3) is 0.500. The van der Waals surface area contributed by atoms with Crippen molar-refractivity contribution in [2.45, 2.75) is 30.3 Å². The first kappa shape index (κ1) is 29.1. The van der Waals surface area contributed by atoms with Crippen LogP contribution in [0.4, 0.5) is 15.9 Å². The second kappa shape index (κ2) is 11.9. The second-order valence-electron chi connectivity index (χ2n) is 11.7. The number of sulfonamides is 1. The number of hydrogen-bond acceptors (Lipinski definition) is 9. The molecule has 42 heavy (non-hydrogen) atoms. The molecule has 3 saturated heterocycles. The molecule has 4 aliphatic rings. The van der Waals surface area contributed by atoms with Crippen LogP contribution in [0.25, 0.3) is 0 Å². The minimum atomic E-state index is -3.82. The molecule has 2 N–H and O–H groups in total. The average molecular weight is 597 g/mol. The summed E-state index contributed by atoms with van der Waals surface area (Å²) in [6.45, 7) is 5.13. The zero-order valence-electron chi connectivity index (χ0n) is 23.5. The molecule has 10 nitrogen and oxygen atoms in total. The number of benzene rings is 1. The number of hydrogen-bond donors (Lipinski definition) is 2. The summed E-state index contributed by atoms with van der Waals surface area (Å²) in [4.78, 5) is 13.7. The minimum absolute atomic E-state index is 0.164. The number of nitrogens with one attached hydrogen (secondary N) is 1. The van der Waals surface area contributed by atoms with E-state index in [-0.39, 0.29) is 23.2 Å². The maximum Gasteiger partial charge on any atom is 0.244 e. The number of halogens is 1. The third-order valence-corrected chi connectivity index (χ3v) is 10.7. The molecular weight excluding hydrogens is 559 g/mol. The predicted molar refractivity (Wildman–Crippen MR) is 159 cm³/mol. The molecule has 3 aliphatic heterocycles. The van der Waals surface area contributed by atoms with Crippen molar-refractivity contribution in [2.75, 3.05) is 63.9 Å². The van der Waals surface area contributed by atoms with E-state index in [1.807, 2.05) is 6.08 Å². The van der Waals surface area contributed by atoms with Crippen molar-refractivity contribution < 1.29 is 22.7 Å². The lowest BCUT2D eigenvalue weighted by Gasteiger charge is -2.49. The van der Waals surface area contributed by atoms with Gasteiger partial charge in [0.15, 0.2) is 0 Å². The van der Waals surface area contributed by atoms with Crippen LogP contribution >= 0.6 is 0 Å². The molecular formula is C30H37FN6O4S. The van der Waals surface area contributed by atoms with E-state index >= 15 is 0 Å². The van der Waals surface area contributed by atoms with E-state index in [1.165, 1.54) is 24.5 Å². The highest BCUT2D eigenvalue weighted by molar-refractivity contribution is 7.89. The number of morpholine rings is 1. The lowest BCUT2D eigenvalue weighted by molar-refractivity contribution is 0.116. The Labute approximate surface area is 246 Å². The van der Waals surface area contributed by atoms with E-state index in [0.717, 1.165) is 23.6 Å². The third kappa shape index (κ3) is 5.91. The van der Waals surface area contributed by atoms with Gasteiger partial charge in [-0.05, 0) is 61.7 Å². The molecule has 1 aromatic heterocycles. The third-order valence-electron chi connectivity index (χ3n) is 8.86. The number of nitrogens with zero attached hydrogens (tertiary/aromatic N) is 5. The molecule has 1 unspecified atom stereocenters. The number of aromatic nitrogens is 1. The summed E-state index contributed by atoms with van der Waals surface area (Å²) in [6.07, 6.45) is 6.19. The zero-order valence-corrected chi connectivity index (χ0v) is 24.3. The fourth-order valence-electron chi connectivity index (χ4n) is 6.64. The summed E-state index contributed by atoms with van der Waals surface area (Å²) in [7, 11) is -3.82. The quantitative estimate of drug-likeness (QED) is 0.472. The molecule has 12 heteroatoms. The van der Waals surface area contributed by atoms with Gasteiger partial charge < -0.3 is 20.2 Å². The van der Waals surface area contributed by atoms with Crippen LogP contribution in [0, 0.1) is 22.6 Å². The second-order valence-corrected chi connectivity index (χ2v) is 13.6. The Balaban J connectivity index is 1.30. The summed E-state index contributed by atoms with van der Waals surface area (Å²) in [5, 5.41) is 18.5. The number of rotatable bonds is 7. The Kier molecular flexibility index (Phi) is 8.25. The first-order chi connectivity index (χ1) is 20.3. The van der Waals surface area contributed by atoms with Gasteiger partial charge in [-0.25, -0.2) is 17.8 Å². The molecule has 1 aromatic carbocycles. The molecule has 0 radical (unpaired) electrons. The van der Waals surface area contributed by atoms with Crippen molar-refractivity contribution in [1.82, 2.24) is 14.2 Å². The fourth-order valence-corrected chi connectivity index (χ4v) is 8.12. The molecule has 0 amide bonds.